The first-order valence-electron chi connectivity index (χ1n) is 5.45. The molecule has 2 rings (SSSR count). The van der Waals surface area contributed by atoms with Crippen molar-refractivity contribution in [3.8, 4) is 11.5 Å². The van der Waals surface area contributed by atoms with Gasteiger partial charge in [0.25, 0.3) is 0 Å². The Labute approximate surface area is 96.8 Å². The molecule has 0 bridgehead atoms. The lowest BCUT2D eigenvalue weighted by molar-refractivity contribution is 0.414. The summed E-state index contributed by atoms with van der Waals surface area (Å²) in [4.78, 5) is 0. The van der Waals surface area contributed by atoms with E-state index in [9.17, 15) is 0 Å². The van der Waals surface area contributed by atoms with Crippen molar-refractivity contribution in [2.75, 3.05) is 14.2 Å². The van der Waals surface area contributed by atoms with E-state index >= 15 is 0 Å². The second-order valence-electron chi connectivity index (χ2n) is 3.08. The molecular formula is C14H18O2. The van der Waals surface area contributed by atoms with Crippen molar-refractivity contribution in [2.45, 2.75) is 13.8 Å². The van der Waals surface area contributed by atoms with Crippen molar-refractivity contribution < 1.29 is 9.47 Å². The van der Waals surface area contributed by atoms with Crippen LogP contribution >= 0.6 is 0 Å². The van der Waals surface area contributed by atoms with Crippen molar-refractivity contribution in [1.29, 1.82) is 0 Å². The van der Waals surface area contributed by atoms with Crippen LogP contribution in [-0.2, 0) is 0 Å². The second-order valence-corrected chi connectivity index (χ2v) is 3.08. The van der Waals surface area contributed by atoms with Crippen LogP contribution in [-0.4, -0.2) is 14.2 Å². The third-order valence-electron chi connectivity index (χ3n) is 2.25. The first-order valence-corrected chi connectivity index (χ1v) is 5.45. The summed E-state index contributed by atoms with van der Waals surface area (Å²) in [7, 11) is 3.34. The molecule has 0 radical (unpaired) electrons. The number of hydrogen-bond donors (Lipinski definition) is 0. The molecule has 2 aromatic carbocycles. The molecule has 0 spiro atoms. The largest absolute Gasteiger partial charge is 0.497 e. The van der Waals surface area contributed by atoms with E-state index in [1.807, 2.05) is 50.2 Å². The molecule has 0 amide bonds. The van der Waals surface area contributed by atoms with Gasteiger partial charge in [-0.2, -0.15) is 0 Å². The first kappa shape index (κ1) is 12.4. The van der Waals surface area contributed by atoms with Crippen molar-refractivity contribution in [1.82, 2.24) is 0 Å². The molecule has 0 aromatic heterocycles. The highest BCUT2D eigenvalue weighted by atomic mass is 16.5. The molecule has 0 saturated heterocycles. The molecule has 0 unspecified atom stereocenters. The third-order valence-corrected chi connectivity index (χ3v) is 2.25. The predicted octanol–water partition coefficient (Wildman–Crippen LogP) is 3.88. The fourth-order valence-corrected chi connectivity index (χ4v) is 1.46. The first-order chi connectivity index (χ1) is 7.83. The molecule has 2 heteroatoms. The van der Waals surface area contributed by atoms with Crippen LogP contribution in [0.1, 0.15) is 13.8 Å². The van der Waals surface area contributed by atoms with Crippen LogP contribution in [0.5, 0.6) is 11.5 Å². The van der Waals surface area contributed by atoms with E-state index < -0.39 is 0 Å². The van der Waals surface area contributed by atoms with Gasteiger partial charge in [-0.3, -0.25) is 0 Å². The molecule has 0 aliphatic carbocycles. The third kappa shape index (κ3) is 2.66. The average molecular weight is 218 g/mol. The Morgan fingerprint density at radius 3 is 1.38 bits per heavy atom. The van der Waals surface area contributed by atoms with E-state index in [1.54, 1.807) is 14.2 Å². The van der Waals surface area contributed by atoms with Crippen LogP contribution < -0.4 is 9.47 Å². The van der Waals surface area contributed by atoms with Crippen LogP contribution in [0, 0.1) is 0 Å². The zero-order valence-electron chi connectivity index (χ0n) is 10.3. The van der Waals surface area contributed by atoms with Gasteiger partial charge in [0.2, 0.25) is 0 Å². The van der Waals surface area contributed by atoms with Crippen molar-refractivity contribution in [2.24, 2.45) is 0 Å². The molecule has 2 nitrogen and oxygen atoms in total. The normalized spacial score (nSPS) is 9.25. The van der Waals surface area contributed by atoms with Gasteiger partial charge in [0.15, 0.2) is 0 Å². The van der Waals surface area contributed by atoms with E-state index in [4.69, 9.17) is 9.47 Å². The van der Waals surface area contributed by atoms with Gasteiger partial charge in [0, 0.05) is 0 Å². The van der Waals surface area contributed by atoms with E-state index in [1.165, 1.54) is 0 Å². The van der Waals surface area contributed by atoms with E-state index in [2.05, 4.69) is 0 Å². The van der Waals surface area contributed by atoms with Gasteiger partial charge in [0.1, 0.15) is 11.5 Å². The molecule has 2 aromatic rings. The highest BCUT2D eigenvalue weighted by molar-refractivity contribution is 5.85. The number of benzene rings is 2. The number of fused-ring (bicyclic) bond motifs is 1. The number of ether oxygens (including phenoxy) is 2. The maximum Gasteiger partial charge on any atom is 0.119 e. The summed E-state index contributed by atoms with van der Waals surface area (Å²) in [6.07, 6.45) is 0. The highest BCUT2D eigenvalue weighted by Gasteiger charge is 1.97. The van der Waals surface area contributed by atoms with Crippen molar-refractivity contribution in [3.63, 3.8) is 0 Å². The Balaban J connectivity index is 0.000000606. The minimum Gasteiger partial charge on any atom is -0.497 e. The van der Waals surface area contributed by atoms with Crippen LogP contribution in [0.4, 0.5) is 0 Å². The summed E-state index contributed by atoms with van der Waals surface area (Å²) in [5.74, 6) is 1.75. The molecule has 0 saturated carbocycles. The summed E-state index contributed by atoms with van der Waals surface area (Å²) in [6.45, 7) is 4.00. The molecular weight excluding hydrogens is 200 g/mol. The fraction of sp³-hybridized carbons (Fsp3) is 0.286. The SMILES string of the molecule is CC.COc1ccc2cc(OC)ccc2c1. The Bertz CT molecular complexity index is 406. The van der Waals surface area contributed by atoms with Gasteiger partial charge in [-0.15, -0.1) is 0 Å². The zero-order chi connectivity index (χ0) is 12.0. The average Bonchev–Trinajstić information content (AvgIpc) is 2.39. The Hall–Kier alpha value is -1.70. The molecule has 0 fully saturated rings. The van der Waals surface area contributed by atoms with E-state index in [-0.39, 0.29) is 0 Å². The minimum atomic E-state index is 0.877. The monoisotopic (exact) mass is 218 g/mol. The fourth-order valence-electron chi connectivity index (χ4n) is 1.46. The lowest BCUT2D eigenvalue weighted by atomic mass is 10.1. The highest BCUT2D eigenvalue weighted by Crippen LogP contribution is 2.24. The standard InChI is InChI=1S/C12H12O2.C2H6/c1-13-11-5-3-10-8-12(14-2)6-4-9(10)7-11;1-2/h3-8H,1-2H3;1-2H3. The van der Waals surface area contributed by atoms with Gasteiger partial charge < -0.3 is 9.47 Å². The molecule has 0 heterocycles. The quantitative estimate of drug-likeness (QED) is 0.761. The van der Waals surface area contributed by atoms with Crippen molar-refractivity contribution >= 4 is 10.8 Å². The van der Waals surface area contributed by atoms with Crippen LogP contribution in [0.2, 0.25) is 0 Å². The smallest absolute Gasteiger partial charge is 0.119 e. The predicted molar refractivity (Wildman–Crippen MR) is 68.4 cm³/mol. The Kier molecular flexibility index (Phi) is 4.65. The number of hydrogen-bond acceptors (Lipinski definition) is 2. The summed E-state index contributed by atoms with van der Waals surface area (Å²) >= 11 is 0. The van der Waals surface area contributed by atoms with E-state index in [0.717, 1.165) is 22.3 Å². The summed E-state index contributed by atoms with van der Waals surface area (Å²) in [6, 6.07) is 12.0. The maximum atomic E-state index is 5.15. The summed E-state index contributed by atoms with van der Waals surface area (Å²) < 4.78 is 10.3. The summed E-state index contributed by atoms with van der Waals surface area (Å²) in [5, 5.41) is 2.32. The molecule has 16 heavy (non-hydrogen) atoms. The number of rotatable bonds is 2. The van der Waals surface area contributed by atoms with Gasteiger partial charge in [-0.25, -0.2) is 0 Å². The van der Waals surface area contributed by atoms with Gasteiger partial charge >= 0.3 is 0 Å². The van der Waals surface area contributed by atoms with Crippen LogP contribution in [0.15, 0.2) is 36.4 Å². The summed E-state index contributed by atoms with van der Waals surface area (Å²) in [5.41, 5.74) is 0. The van der Waals surface area contributed by atoms with Crippen molar-refractivity contribution in [3.05, 3.63) is 36.4 Å². The van der Waals surface area contributed by atoms with Gasteiger partial charge in [0.05, 0.1) is 14.2 Å². The second kappa shape index (κ2) is 6.01. The maximum absolute atomic E-state index is 5.15. The van der Waals surface area contributed by atoms with Crippen LogP contribution in [0.3, 0.4) is 0 Å². The molecule has 0 aliphatic rings. The lowest BCUT2D eigenvalue weighted by Crippen LogP contribution is -1.84. The number of methoxy groups -OCH3 is 2. The lowest BCUT2D eigenvalue weighted by Gasteiger charge is -2.04. The zero-order valence-corrected chi connectivity index (χ0v) is 10.3. The van der Waals surface area contributed by atoms with Gasteiger partial charge in [-0.1, -0.05) is 26.0 Å². The van der Waals surface area contributed by atoms with E-state index in [0.29, 0.717) is 0 Å². The molecule has 0 N–H and O–H groups in total. The minimum absolute atomic E-state index is 0.877. The topological polar surface area (TPSA) is 18.5 Å². The molecule has 86 valence electrons. The molecule has 0 aliphatic heterocycles. The Morgan fingerprint density at radius 1 is 0.688 bits per heavy atom. The molecule has 0 atom stereocenters. The Morgan fingerprint density at radius 2 is 1.06 bits per heavy atom. The van der Waals surface area contributed by atoms with Crippen LogP contribution in [0.25, 0.3) is 10.8 Å². The van der Waals surface area contributed by atoms with Gasteiger partial charge in [-0.05, 0) is 35.0 Å².